The molecule has 0 radical (unpaired) electrons. The van der Waals surface area contributed by atoms with E-state index < -0.39 is 0 Å². The number of thiazole rings is 1. The van der Waals surface area contributed by atoms with Crippen LogP contribution in [0, 0.1) is 6.92 Å². The highest BCUT2D eigenvalue weighted by Gasteiger charge is 2.04. The van der Waals surface area contributed by atoms with Crippen molar-refractivity contribution in [2.75, 3.05) is 5.32 Å². The zero-order valence-electron chi connectivity index (χ0n) is 10.7. The zero-order chi connectivity index (χ0) is 13.9. The van der Waals surface area contributed by atoms with Crippen LogP contribution >= 0.6 is 11.3 Å². The molecule has 0 spiro atoms. The predicted molar refractivity (Wildman–Crippen MR) is 78.5 cm³/mol. The van der Waals surface area contributed by atoms with E-state index in [1.165, 1.54) is 23.5 Å². The summed E-state index contributed by atoms with van der Waals surface area (Å²) in [5, 5.41) is 3.26. The second kappa shape index (κ2) is 5.26. The molecule has 1 aromatic carbocycles. The number of rotatable bonds is 3. The van der Waals surface area contributed by atoms with Crippen LogP contribution in [0.25, 0.3) is 17.2 Å². The summed E-state index contributed by atoms with van der Waals surface area (Å²) in [5.41, 5.74) is 1.46. The lowest BCUT2D eigenvalue weighted by atomic mass is 10.3. The van der Waals surface area contributed by atoms with Crippen LogP contribution in [0.3, 0.4) is 0 Å². The van der Waals surface area contributed by atoms with Crippen molar-refractivity contribution in [2.24, 2.45) is 0 Å². The molecule has 6 heteroatoms. The Morgan fingerprint density at radius 3 is 3.00 bits per heavy atom. The standard InChI is InChI=1S/C14H11N3O2S/c1-9-8-15-14(20-9)17-12(18)6-7-13-16-10-4-2-3-5-11(10)19-13/h2-8H,1H3,(H,15,17,18). The molecule has 0 aliphatic rings. The Labute approximate surface area is 119 Å². The van der Waals surface area contributed by atoms with E-state index in [0.717, 1.165) is 10.4 Å². The van der Waals surface area contributed by atoms with Crippen molar-refractivity contribution in [3.63, 3.8) is 0 Å². The van der Waals surface area contributed by atoms with Gasteiger partial charge in [-0.25, -0.2) is 9.97 Å². The summed E-state index contributed by atoms with van der Waals surface area (Å²) in [6.45, 7) is 1.93. The van der Waals surface area contributed by atoms with Gasteiger partial charge in [0.05, 0.1) is 0 Å². The summed E-state index contributed by atoms with van der Waals surface area (Å²) in [5.74, 6) is 0.137. The van der Waals surface area contributed by atoms with Crippen LogP contribution in [0.5, 0.6) is 0 Å². The molecule has 0 bridgehead atoms. The number of oxazole rings is 1. The number of benzene rings is 1. The van der Waals surface area contributed by atoms with E-state index in [4.69, 9.17) is 4.42 Å². The molecule has 20 heavy (non-hydrogen) atoms. The minimum atomic E-state index is -0.262. The molecule has 2 aromatic heterocycles. The topological polar surface area (TPSA) is 68.0 Å². The minimum absolute atomic E-state index is 0.262. The van der Waals surface area contributed by atoms with Gasteiger partial charge < -0.3 is 4.42 Å². The van der Waals surface area contributed by atoms with E-state index in [9.17, 15) is 4.79 Å². The first kappa shape index (κ1) is 12.6. The lowest BCUT2D eigenvalue weighted by Gasteiger charge is -1.93. The third-order valence-electron chi connectivity index (χ3n) is 2.54. The Kier molecular flexibility index (Phi) is 3.30. The normalized spacial score (nSPS) is 11.2. The number of aromatic nitrogens is 2. The van der Waals surface area contributed by atoms with Crippen molar-refractivity contribution in [2.45, 2.75) is 6.92 Å². The molecular formula is C14H11N3O2S. The first-order valence-electron chi connectivity index (χ1n) is 5.98. The maximum atomic E-state index is 11.7. The number of nitrogens with one attached hydrogen (secondary N) is 1. The highest BCUT2D eigenvalue weighted by molar-refractivity contribution is 7.15. The Balaban J connectivity index is 1.71. The van der Waals surface area contributed by atoms with Crippen LogP contribution in [0.1, 0.15) is 10.8 Å². The second-order valence-electron chi connectivity index (χ2n) is 4.12. The first-order chi connectivity index (χ1) is 9.70. The van der Waals surface area contributed by atoms with Crippen LogP contribution in [-0.2, 0) is 4.79 Å². The van der Waals surface area contributed by atoms with Gasteiger partial charge in [-0.15, -0.1) is 11.3 Å². The first-order valence-corrected chi connectivity index (χ1v) is 6.79. The Morgan fingerprint density at radius 2 is 2.25 bits per heavy atom. The van der Waals surface area contributed by atoms with Gasteiger partial charge in [-0.2, -0.15) is 0 Å². The molecule has 3 rings (SSSR count). The van der Waals surface area contributed by atoms with Crippen molar-refractivity contribution in [3.05, 3.63) is 47.3 Å². The average Bonchev–Trinajstić information content (AvgIpc) is 3.02. The van der Waals surface area contributed by atoms with E-state index in [2.05, 4.69) is 15.3 Å². The SMILES string of the molecule is Cc1cnc(NC(=O)C=Cc2nc3ccccc3o2)s1. The molecule has 0 saturated heterocycles. The molecule has 0 unspecified atom stereocenters. The lowest BCUT2D eigenvalue weighted by Crippen LogP contribution is -2.07. The molecule has 3 aromatic rings. The van der Waals surface area contributed by atoms with Crippen LogP contribution in [0.4, 0.5) is 5.13 Å². The minimum Gasteiger partial charge on any atom is -0.437 e. The molecule has 0 saturated carbocycles. The maximum Gasteiger partial charge on any atom is 0.250 e. The van der Waals surface area contributed by atoms with Gasteiger partial charge >= 0.3 is 0 Å². The molecule has 0 aliphatic heterocycles. The third-order valence-corrected chi connectivity index (χ3v) is 3.37. The summed E-state index contributed by atoms with van der Waals surface area (Å²) < 4.78 is 5.48. The number of carbonyl (C=O) groups is 1. The number of carbonyl (C=O) groups excluding carboxylic acids is 1. The van der Waals surface area contributed by atoms with Gasteiger partial charge in [0.15, 0.2) is 10.7 Å². The fourth-order valence-electron chi connectivity index (χ4n) is 1.67. The number of para-hydroxylation sites is 2. The van der Waals surface area contributed by atoms with Crippen molar-refractivity contribution >= 4 is 39.6 Å². The summed E-state index contributed by atoms with van der Waals surface area (Å²) in [6.07, 6.45) is 4.63. The van der Waals surface area contributed by atoms with Crippen LogP contribution < -0.4 is 5.32 Å². The predicted octanol–water partition coefficient (Wildman–Crippen LogP) is 3.24. The Bertz CT molecular complexity index is 755. The molecule has 0 atom stereocenters. The monoisotopic (exact) mass is 285 g/mol. The number of hydrogen-bond acceptors (Lipinski definition) is 5. The van der Waals surface area contributed by atoms with E-state index in [0.29, 0.717) is 16.6 Å². The summed E-state index contributed by atoms with van der Waals surface area (Å²) in [4.78, 5) is 21.1. The number of amides is 1. The van der Waals surface area contributed by atoms with Crippen LogP contribution in [0.2, 0.25) is 0 Å². The van der Waals surface area contributed by atoms with Gasteiger partial charge in [-0.05, 0) is 19.1 Å². The molecule has 2 heterocycles. The smallest absolute Gasteiger partial charge is 0.250 e. The van der Waals surface area contributed by atoms with E-state index >= 15 is 0 Å². The lowest BCUT2D eigenvalue weighted by molar-refractivity contribution is -0.111. The molecule has 0 fully saturated rings. The molecule has 1 amide bonds. The molecule has 0 aliphatic carbocycles. The van der Waals surface area contributed by atoms with Crippen molar-refractivity contribution in [1.82, 2.24) is 9.97 Å². The van der Waals surface area contributed by atoms with Crippen molar-refractivity contribution in [1.29, 1.82) is 0 Å². The van der Waals surface area contributed by atoms with E-state index in [1.54, 1.807) is 6.20 Å². The van der Waals surface area contributed by atoms with Gasteiger partial charge in [0.2, 0.25) is 11.8 Å². The van der Waals surface area contributed by atoms with Gasteiger partial charge in [0.25, 0.3) is 0 Å². The maximum absolute atomic E-state index is 11.7. The number of anilines is 1. The molecule has 5 nitrogen and oxygen atoms in total. The number of aryl methyl sites for hydroxylation is 1. The number of nitrogens with zero attached hydrogens (tertiary/aromatic N) is 2. The Morgan fingerprint density at radius 1 is 1.40 bits per heavy atom. The number of hydrogen-bond donors (Lipinski definition) is 1. The van der Waals surface area contributed by atoms with Crippen LogP contribution in [-0.4, -0.2) is 15.9 Å². The quantitative estimate of drug-likeness (QED) is 0.750. The van der Waals surface area contributed by atoms with E-state index in [-0.39, 0.29) is 5.91 Å². The molecular weight excluding hydrogens is 274 g/mol. The molecule has 1 N–H and O–H groups in total. The fourth-order valence-corrected chi connectivity index (χ4v) is 2.34. The highest BCUT2D eigenvalue weighted by atomic mass is 32.1. The van der Waals surface area contributed by atoms with E-state index in [1.807, 2.05) is 31.2 Å². The van der Waals surface area contributed by atoms with Gasteiger partial charge in [0.1, 0.15) is 5.52 Å². The Hall–Kier alpha value is -2.47. The summed E-state index contributed by atoms with van der Waals surface area (Å²) >= 11 is 1.43. The summed E-state index contributed by atoms with van der Waals surface area (Å²) in [6, 6.07) is 7.45. The van der Waals surface area contributed by atoms with Crippen molar-refractivity contribution < 1.29 is 9.21 Å². The highest BCUT2D eigenvalue weighted by Crippen LogP contribution is 2.17. The van der Waals surface area contributed by atoms with Crippen LogP contribution in [0.15, 0.2) is 41.0 Å². The average molecular weight is 285 g/mol. The van der Waals surface area contributed by atoms with Gasteiger partial charge in [-0.3, -0.25) is 10.1 Å². The third kappa shape index (κ3) is 2.75. The van der Waals surface area contributed by atoms with Gasteiger partial charge in [-0.1, -0.05) is 12.1 Å². The van der Waals surface area contributed by atoms with Crippen molar-refractivity contribution in [3.8, 4) is 0 Å². The number of fused-ring (bicyclic) bond motifs is 1. The zero-order valence-corrected chi connectivity index (χ0v) is 11.5. The molecule has 100 valence electrons. The van der Waals surface area contributed by atoms with Gasteiger partial charge in [0, 0.05) is 23.2 Å². The largest absolute Gasteiger partial charge is 0.437 e. The summed E-state index contributed by atoms with van der Waals surface area (Å²) in [7, 11) is 0. The fraction of sp³-hybridized carbons (Fsp3) is 0.0714. The second-order valence-corrected chi connectivity index (χ2v) is 5.35.